The molecule has 0 fully saturated rings. The van der Waals surface area contributed by atoms with Gasteiger partial charge in [0.25, 0.3) is 0 Å². The number of anilines is 1. The van der Waals surface area contributed by atoms with Gasteiger partial charge in [-0.1, -0.05) is 41.9 Å². The number of benzene rings is 3. The van der Waals surface area contributed by atoms with Crippen molar-refractivity contribution in [3.63, 3.8) is 0 Å². The minimum atomic E-state index is -0.538. The molecule has 0 saturated carbocycles. The molecule has 6 heteroatoms. The second-order valence-electron chi connectivity index (χ2n) is 6.40. The van der Waals surface area contributed by atoms with Gasteiger partial charge in [-0.25, -0.2) is 4.79 Å². The number of carbonyl (C=O) groups is 2. The van der Waals surface area contributed by atoms with Crippen LogP contribution < -0.4 is 10.1 Å². The number of nitrogens with zero attached hydrogens (tertiary/aromatic N) is 1. The first-order valence-corrected chi connectivity index (χ1v) is 9.40. The third-order valence-corrected chi connectivity index (χ3v) is 4.35. The van der Waals surface area contributed by atoms with Crippen molar-refractivity contribution in [3.8, 4) is 11.8 Å². The normalized spacial score (nSPS) is 10.8. The largest absolute Gasteiger partial charge is 0.423 e. The van der Waals surface area contributed by atoms with Gasteiger partial charge in [-0.2, -0.15) is 5.26 Å². The fourth-order valence-corrected chi connectivity index (χ4v) is 2.83. The summed E-state index contributed by atoms with van der Waals surface area (Å²) < 4.78 is 5.39. The fourth-order valence-electron chi connectivity index (χ4n) is 2.70. The lowest BCUT2D eigenvalue weighted by Gasteiger charge is -2.07. The van der Waals surface area contributed by atoms with Crippen LogP contribution in [0.3, 0.4) is 0 Å². The average Bonchev–Trinajstić information content (AvgIpc) is 2.73. The summed E-state index contributed by atoms with van der Waals surface area (Å²) in [6, 6.07) is 22.5. The topological polar surface area (TPSA) is 79.2 Å². The van der Waals surface area contributed by atoms with Crippen LogP contribution in [0.25, 0.3) is 11.6 Å². The molecule has 0 spiro atoms. The second kappa shape index (κ2) is 9.55. The van der Waals surface area contributed by atoms with Gasteiger partial charge < -0.3 is 10.1 Å². The van der Waals surface area contributed by atoms with E-state index in [0.29, 0.717) is 27.6 Å². The number of carbonyl (C=O) groups excluding carboxylic acids is 2. The zero-order valence-electron chi connectivity index (χ0n) is 16.1. The van der Waals surface area contributed by atoms with E-state index in [1.807, 2.05) is 0 Å². The molecular formula is C24H17ClN2O3. The molecule has 0 aliphatic carbocycles. The third kappa shape index (κ3) is 5.57. The summed E-state index contributed by atoms with van der Waals surface area (Å²) in [7, 11) is 0. The van der Waals surface area contributed by atoms with E-state index < -0.39 is 5.97 Å². The van der Waals surface area contributed by atoms with Crippen molar-refractivity contribution in [1.82, 2.24) is 0 Å². The third-order valence-electron chi connectivity index (χ3n) is 4.10. The molecule has 0 radical (unpaired) electrons. The molecule has 3 rings (SSSR count). The molecule has 0 aliphatic heterocycles. The standard InChI is InChI=1S/C24H17ClN2O3/c1-16(28)27-22-4-2-3-19(14-22)24(29)30-23-11-5-17(6-12-23)13-20(15-26)18-7-9-21(25)10-8-18/h2-14H,1H3,(H,27,28)/b20-13-. The Balaban J connectivity index is 1.72. The maximum atomic E-state index is 12.4. The highest BCUT2D eigenvalue weighted by Crippen LogP contribution is 2.22. The molecule has 148 valence electrons. The monoisotopic (exact) mass is 416 g/mol. The van der Waals surface area contributed by atoms with E-state index in [2.05, 4.69) is 11.4 Å². The second-order valence-corrected chi connectivity index (χ2v) is 6.83. The molecule has 0 heterocycles. The van der Waals surface area contributed by atoms with Crippen molar-refractivity contribution in [2.75, 3.05) is 5.32 Å². The van der Waals surface area contributed by atoms with Crippen LogP contribution >= 0.6 is 11.6 Å². The van der Waals surface area contributed by atoms with Crippen molar-refractivity contribution < 1.29 is 14.3 Å². The number of hydrogen-bond donors (Lipinski definition) is 1. The number of rotatable bonds is 5. The van der Waals surface area contributed by atoms with Gasteiger partial charge in [0.05, 0.1) is 17.2 Å². The molecule has 1 N–H and O–H groups in total. The number of hydrogen-bond acceptors (Lipinski definition) is 4. The first-order chi connectivity index (χ1) is 14.4. The smallest absolute Gasteiger partial charge is 0.343 e. The number of allylic oxidation sites excluding steroid dienone is 1. The van der Waals surface area contributed by atoms with Crippen molar-refractivity contribution in [1.29, 1.82) is 5.26 Å². The molecule has 30 heavy (non-hydrogen) atoms. The molecular weight excluding hydrogens is 400 g/mol. The van der Waals surface area contributed by atoms with Crippen LogP contribution in [-0.2, 0) is 4.79 Å². The summed E-state index contributed by atoms with van der Waals surface area (Å²) in [5.41, 5.74) is 2.88. The van der Waals surface area contributed by atoms with E-state index in [-0.39, 0.29) is 5.91 Å². The van der Waals surface area contributed by atoms with E-state index in [4.69, 9.17) is 16.3 Å². The zero-order chi connectivity index (χ0) is 21.5. The highest BCUT2D eigenvalue weighted by Gasteiger charge is 2.10. The van der Waals surface area contributed by atoms with E-state index in [1.165, 1.54) is 6.92 Å². The molecule has 0 bridgehead atoms. The summed E-state index contributed by atoms with van der Waals surface area (Å²) in [6.45, 7) is 1.39. The minimum absolute atomic E-state index is 0.223. The van der Waals surface area contributed by atoms with E-state index >= 15 is 0 Å². The Morgan fingerprint density at radius 3 is 2.33 bits per heavy atom. The van der Waals surface area contributed by atoms with Gasteiger partial charge in [0.2, 0.25) is 5.91 Å². The predicted octanol–water partition coefficient (Wildman–Crippen LogP) is 5.58. The molecule has 3 aromatic carbocycles. The summed E-state index contributed by atoms with van der Waals surface area (Å²) in [5.74, 6) is -0.393. The van der Waals surface area contributed by atoms with E-state index in [9.17, 15) is 14.9 Å². The van der Waals surface area contributed by atoms with Gasteiger partial charge in [-0.15, -0.1) is 0 Å². The number of esters is 1. The fraction of sp³-hybridized carbons (Fsp3) is 0.0417. The number of ether oxygens (including phenoxy) is 1. The molecule has 3 aromatic rings. The quantitative estimate of drug-likeness (QED) is 0.255. The van der Waals surface area contributed by atoms with Gasteiger partial charge in [-0.3, -0.25) is 4.79 Å². The summed E-state index contributed by atoms with van der Waals surface area (Å²) in [4.78, 5) is 23.5. The van der Waals surface area contributed by atoms with Crippen LogP contribution in [0, 0.1) is 11.3 Å². The van der Waals surface area contributed by atoms with Gasteiger partial charge in [-0.05, 0) is 59.7 Å². The highest BCUT2D eigenvalue weighted by molar-refractivity contribution is 6.30. The number of nitrogens with one attached hydrogen (secondary N) is 1. The van der Waals surface area contributed by atoms with Crippen LogP contribution in [0.4, 0.5) is 5.69 Å². The van der Waals surface area contributed by atoms with E-state index in [0.717, 1.165) is 11.1 Å². The van der Waals surface area contributed by atoms with Crippen LogP contribution in [0.15, 0.2) is 72.8 Å². The molecule has 0 unspecified atom stereocenters. The van der Waals surface area contributed by atoms with Gasteiger partial charge in [0.1, 0.15) is 5.75 Å². The summed E-state index contributed by atoms with van der Waals surface area (Å²) >= 11 is 5.89. The maximum absolute atomic E-state index is 12.4. The van der Waals surface area contributed by atoms with Gasteiger partial charge in [0.15, 0.2) is 0 Å². The van der Waals surface area contributed by atoms with Crippen LogP contribution in [0.1, 0.15) is 28.4 Å². The Kier molecular flexibility index (Phi) is 6.63. The van der Waals surface area contributed by atoms with Crippen molar-refractivity contribution >= 4 is 40.8 Å². The number of nitriles is 1. The molecule has 5 nitrogen and oxygen atoms in total. The minimum Gasteiger partial charge on any atom is -0.423 e. The average molecular weight is 417 g/mol. The summed E-state index contributed by atoms with van der Waals surface area (Å²) in [6.07, 6.45) is 1.74. The Labute approximate surface area is 179 Å². The first kappa shape index (κ1) is 20.8. The Morgan fingerprint density at radius 1 is 1.00 bits per heavy atom. The molecule has 0 saturated heterocycles. The highest BCUT2D eigenvalue weighted by atomic mass is 35.5. The lowest BCUT2D eigenvalue weighted by molar-refractivity contribution is -0.114. The number of amides is 1. The van der Waals surface area contributed by atoms with E-state index in [1.54, 1.807) is 78.9 Å². The van der Waals surface area contributed by atoms with Crippen molar-refractivity contribution in [3.05, 3.63) is 94.5 Å². The Bertz CT molecular complexity index is 1140. The molecule has 1 amide bonds. The molecule has 0 atom stereocenters. The molecule has 0 aliphatic rings. The van der Waals surface area contributed by atoms with Crippen molar-refractivity contribution in [2.24, 2.45) is 0 Å². The van der Waals surface area contributed by atoms with Gasteiger partial charge >= 0.3 is 5.97 Å². The van der Waals surface area contributed by atoms with Gasteiger partial charge in [0, 0.05) is 17.6 Å². The Hall–Kier alpha value is -3.88. The summed E-state index contributed by atoms with van der Waals surface area (Å²) in [5, 5.41) is 12.7. The Morgan fingerprint density at radius 2 is 1.70 bits per heavy atom. The zero-order valence-corrected chi connectivity index (χ0v) is 16.8. The maximum Gasteiger partial charge on any atom is 0.343 e. The van der Waals surface area contributed by atoms with Crippen LogP contribution in [-0.4, -0.2) is 11.9 Å². The number of halogens is 1. The first-order valence-electron chi connectivity index (χ1n) is 9.02. The lowest BCUT2D eigenvalue weighted by atomic mass is 10.0. The SMILES string of the molecule is CC(=O)Nc1cccc(C(=O)Oc2ccc(/C=C(/C#N)c3ccc(Cl)cc3)cc2)c1. The lowest BCUT2D eigenvalue weighted by Crippen LogP contribution is -2.10. The van der Waals surface area contributed by atoms with Crippen LogP contribution in [0.5, 0.6) is 5.75 Å². The molecule has 0 aromatic heterocycles. The predicted molar refractivity (Wildman–Crippen MR) is 117 cm³/mol. The van der Waals surface area contributed by atoms with Crippen molar-refractivity contribution in [2.45, 2.75) is 6.92 Å². The van der Waals surface area contributed by atoms with Crippen LogP contribution in [0.2, 0.25) is 5.02 Å².